The third-order valence-corrected chi connectivity index (χ3v) is 3.96. The normalized spacial score (nSPS) is 10.9. The number of halogens is 1. The molecule has 3 aromatic heterocycles. The van der Waals surface area contributed by atoms with Gasteiger partial charge in [-0.05, 0) is 30.7 Å². The largest absolute Gasteiger partial charge is 0.462 e. The molecule has 7 heteroatoms. The van der Waals surface area contributed by atoms with Crippen LogP contribution in [0.4, 0.5) is 4.39 Å². The van der Waals surface area contributed by atoms with E-state index >= 15 is 0 Å². The highest BCUT2D eigenvalue weighted by Gasteiger charge is 2.20. The Balaban J connectivity index is 0.000000880. The number of aryl methyl sites for hydroxylation is 2. The van der Waals surface area contributed by atoms with Crippen molar-refractivity contribution >= 4 is 22.1 Å². The maximum absolute atomic E-state index is 14.3. The minimum Gasteiger partial charge on any atom is -0.462 e. The van der Waals surface area contributed by atoms with Crippen LogP contribution < -0.4 is 11.2 Å². The van der Waals surface area contributed by atoms with Crippen LogP contribution >= 0.6 is 0 Å². The van der Waals surface area contributed by atoms with Crippen LogP contribution in [0.15, 0.2) is 44.5 Å². The Morgan fingerprint density at radius 1 is 1.16 bits per heavy atom. The van der Waals surface area contributed by atoms with Crippen molar-refractivity contribution in [1.82, 2.24) is 14.1 Å². The molecule has 0 radical (unpaired) electrons. The van der Waals surface area contributed by atoms with Gasteiger partial charge in [0.2, 0.25) is 0 Å². The molecule has 1 N–H and O–H groups in total. The molecular weight excluding hydrogens is 325 g/mol. The monoisotopic (exact) mass is 343 g/mol. The van der Waals surface area contributed by atoms with Gasteiger partial charge in [0.25, 0.3) is 5.56 Å². The van der Waals surface area contributed by atoms with Crippen LogP contribution in [0.5, 0.6) is 0 Å². The van der Waals surface area contributed by atoms with Gasteiger partial charge < -0.3 is 9.40 Å². The summed E-state index contributed by atoms with van der Waals surface area (Å²) in [5.74, 6) is -0.542. The molecule has 0 saturated heterocycles. The number of nitrogens with zero attached hydrogens (tertiary/aromatic N) is 2. The molecule has 0 bridgehead atoms. The summed E-state index contributed by atoms with van der Waals surface area (Å²) < 4.78 is 22.1. The standard InChI is InChI=1S/C16H12FN3O3.C2H6/c1-8-3-4-11(10(17)7-8)20-14-12(18-16(20)22)13-9(5-6-23-13)15(21)19(14)2;1-2/h3-7H,1-2H3,(H,18,22);1-2H3. The predicted molar refractivity (Wildman–Crippen MR) is 95.0 cm³/mol. The second kappa shape index (κ2) is 6.08. The van der Waals surface area contributed by atoms with Gasteiger partial charge in [-0.1, -0.05) is 19.9 Å². The summed E-state index contributed by atoms with van der Waals surface area (Å²) in [7, 11) is 1.53. The van der Waals surface area contributed by atoms with Crippen LogP contribution in [-0.4, -0.2) is 14.1 Å². The fourth-order valence-corrected chi connectivity index (χ4v) is 2.87. The van der Waals surface area contributed by atoms with E-state index in [1.807, 2.05) is 13.8 Å². The van der Waals surface area contributed by atoms with Crippen molar-refractivity contribution in [3.63, 3.8) is 0 Å². The van der Waals surface area contributed by atoms with E-state index in [0.29, 0.717) is 10.9 Å². The number of aromatic amines is 1. The van der Waals surface area contributed by atoms with Crippen molar-refractivity contribution in [1.29, 1.82) is 0 Å². The SMILES string of the molecule is CC.Cc1ccc(-n2c(=O)[nH]c3c4occc4c(=O)n(C)c32)c(F)c1. The Hall–Kier alpha value is -3.09. The number of rotatable bonds is 1. The van der Waals surface area contributed by atoms with Crippen LogP contribution in [0.25, 0.3) is 27.8 Å². The summed E-state index contributed by atoms with van der Waals surface area (Å²) in [5, 5.41) is 0.359. The second-order valence-corrected chi connectivity index (χ2v) is 5.45. The van der Waals surface area contributed by atoms with E-state index in [-0.39, 0.29) is 22.5 Å². The van der Waals surface area contributed by atoms with Gasteiger partial charge in [0.1, 0.15) is 11.3 Å². The van der Waals surface area contributed by atoms with Crippen molar-refractivity contribution in [2.45, 2.75) is 20.8 Å². The molecule has 0 aliphatic carbocycles. The van der Waals surface area contributed by atoms with E-state index in [2.05, 4.69) is 4.98 Å². The van der Waals surface area contributed by atoms with Crippen molar-refractivity contribution in [3.8, 4) is 5.69 Å². The lowest BCUT2D eigenvalue weighted by atomic mass is 10.2. The lowest BCUT2D eigenvalue weighted by molar-refractivity contribution is 0.614. The molecule has 25 heavy (non-hydrogen) atoms. The van der Waals surface area contributed by atoms with Gasteiger partial charge in [-0.2, -0.15) is 0 Å². The third-order valence-electron chi connectivity index (χ3n) is 3.96. The number of pyridine rings is 1. The van der Waals surface area contributed by atoms with Gasteiger partial charge in [0.15, 0.2) is 11.2 Å². The fraction of sp³-hybridized carbons (Fsp3) is 0.222. The molecule has 0 atom stereocenters. The van der Waals surface area contributed by atoms with Gasteiger partial charge in [-0.3, -0.25) is 9.36 Å². The molecule has 4 rings (SSSR count). The maximum atomic E-state index is 14.3. The van der Waals surface area contributed by atoms with E-state index in [1.54, 1.807) is 19.1 Å². The number of fused-ring (bicyclic) bond motifs is 3. The molecule has 0 fully saturated rings. The van der Waals surface area contributed by atoms with E-state index in [9.17, 15) is 14.0 Å². The Kier molecular flexibility index (Phi) is 4.08. The summed E-state index contributed by atoms with van der Waals surface area (Å²) in [6.07, 6.45) is 1.38. The molecule has 6 nitrogen and oxygen atoms in total. The Labute approximate surface area is 142 Å². The molecule has 4 aromatic rings. The van der Waals surface area contributed by atoms with Gasteiger partial charge in [-0.15, -0.1) is 0 Å². The minimum absolute atomic E-state index is 0.0766. The molecule has 1 aromatic carbocycles. The average Bonchev–Trinajstić information content (AvgIpc) is 3.20. The highest BCUT2D eigenvalue weighted by molar-refractivity contribution is 5.98. The van der Waals surface area contributed by atoms with Crippen LogP contribution in [0, 0.1) is 12.7 Å². The quantitative estimate of drug-likeness (QED) is 0.577. The number of nitrogens with one attached hydrogen (secondary N) is 1. The molecular formula is C18H18FN3O3. The van der Waals surface area contributed by atoms with E-state index in [4.69, 9.17) is 4.42 Å². The molecule has 0 saturated carbocycles. The van der Waals surface area contributed by atoms with Gasteiger partial charge in [0.05, 0.1) is 17.3 Å². The molecule has 0 aliphatic rings. The van der Waals surface area contributed by atoms with Crippen LogP contribution in [0.2, 0.25) is 0 Å². The highest BCUT2D eigenvalue weighted by Crippen LogP contribution is 2.23. The Morgan fingerprint density at radius 2 is 1.88 bits per heavy atom. The number of imidazole rings is 1. The first-order chi connectivity index (χ1) is 12.0. The number of aromatic nitrogens is 3. The zero-order valence-electron chi connectivity index (χ0n) is 14.4. The lowest BCUT2D eigenvalue weighted by Crippen LogP contribution is -2.22. The molecule has 3 heterocycles. The maximum Gasteiger partial charge on any atom is 0.332 e. The molecule has 0 aliphatic heterocycles. The van der Waals surface area contributed by atoms with Crippen LogP contribution in [0.1, 0.15) is 19.4 Å². The predicted octanol–water partition coefficient (Wildman–Crippen LogP) is 3.24. The topological polar surface area (TPSA) is 72.9 Å². The summed E-state index contributed by atoms with van der Waals surface area (Å²) in [5.41, 5.74) is 0.853. The number of H-pyrrole nitrogens is 1. The molecule has 0 spiro atoms. The van der Waals surface area contributed by atoms with Crippen molar-refractivity contribution in [2.24, 2.45) is 7.05 Å². The molecule has 130 valence electrons. The zero-order valence-corrected chi connectivity index (χ0v) is 14.4. The Bertz CT molecular complexity index is 1190. The lowest BCUT2D eigenvalue weighted by Gasteiger charge is -2.08. The molecule has 0 amide bonds. The first-order valence-electron chi connectivity index (χ1n) is 7.96. The van der Waals surface area contributed by atoms with Crippen molar-refractivity contribution in [3.05, 3.63) is 62.7 Å². The summed E-state index contributed by atoms with van der Waals surface area (Å²) in [4.78, 5) is 27.5. The van der Waals surface area contributed by atoms with Crippen molar-refractivity contribution in [2.75, 3.05) is 0 Å². The van der Waals surface area contributed by atoms with Crippen molar-refractivity contribution < 1.29 is 8.81 Å². The number of hydrogen-bond acceptors (Lipinski definition) is 3. The van der Waals surface area contributed by atoms with E-state index in [1.165, 1.54) is 30.0 Å². The summed E-state index contributed by atoms with van der Waals surface area (Å²) >= 11 is 0. The number of furan rings is 1. The fourth-order valence-electron chi connectivity index (χ4n) is 2.87. The summed E-state index contributed by atoms with van der Waals surface area (Å²) in [6, 6.07) is 6.09. The smallest absolute Gasteiger partial charge is 0.332 e. The zero-order chi connectivity index (χ0) is 18.3. The highest BCUT2D eigenvalue weighted by atomic mass is 19.1. The Morgan fingerprint density at radius 3 is 2.56 bits per heavy atom. The second-order valence-electron chi connectivity index (χ2n) is 5.45. The van der Waals surface area contributed by atoms with Gasteiger partial charge in [0, 0.05) is 7.05 Å². The van der Waals surface area contributed by atoms with E-state index < -0.39 is 11.5 Å². The van der Waals surface area contributed by atoms with Crippen LogP contribution in [0.3, 0.4) is 0 Å². The molecule has 0 unspecified atom stereocenters. The third kappa shape index (κ3) is 2.39. The van der Waals surface area contributed by atoms with Gasteiger partial charge in [-0.25, -0.2) is 13.8 Å². The van der Waals surface area contributed by atoms with Crippen LogP contribution in [-0.2, 0) is 7.05 Å². The van der Waals surface area contributed by atoms with E-state index in [0.717, 1.165) is 10.1 Å². The first kappa shape index (κ1) is 16.8. The number of hydrogen-bond donors (Lipinski definition) is 1. The average molecular weight is 343 g/mol. The summed E-state index contributed by atoms with van der Waals surface area (Å²) in [6.45, 7) is 5.76. The van der Waals surface area contributed by atoms with Gasteiger partial charge >= 0.3 is 5.69 Å². The first-order valence-corrected chi connectivity index (χ1v) is 7.96. The minimum atomic E-state index is -0.542. The number of benzene rings is 1.